The van der Waals surface area contributed by atoms with E-state index in [9.17, 15) is 0 Å². The van der Waals surface area contributed by atoms with E-state index in [-0.39, 0.29) is 0 Å². The van der Waals surface area contributed by atoms with E-state index in [0.29, 0.717) is 11.2 Å². The molecule has 1 aromatic carbocycles. The van der Waals surface area contributed by atoms with Crippen LogP contribution in [0.5, 0.6) is 0 Å². The highest BCUT2D eigenvalue weighted by Crippen LogP contribution is 2.26. The lowest BCUT2D eigenvalue weighted by Gasteiger charge is -2.12. The van der Waals surface area contributed by atoms with Gasteiger partial charge in [0, 0.05) is 5.25 Å². The van der Waals surface area contributed by atoms with Crippen LogP contribution in [0.15, 0.2) is 30.3 Å². The normalized spacial score (nSPS) is 13.3. The van der Waals surface area contributed by atoms with E-state index >= 15 is 0 Å². The molecular formula is C11H16S. The van der Waals surface area contributed by atoms with Crippen LogP contribution in [0.1, 0.15) is 31.1 Å². The maximum Gasteiger partial charge on any atom is 0.0269 e. The molecule has 1 aromatic rings. The van der Waals surface area contributed by atoms with E-state index in [1.807, 2.05) is 6.07 Å². The second kappa shape index (κ2) is 4.56. The summed E-state index contributed by atoms with van der Waals surface area (Å²) in [5.74, 6) is 0.715. The molecule has 1 heteroatoms. The highest BCUT2D eigenvalue weighted by atomic mass is 32.1. The van der Waals surface area contributed by atoms with Crippen LogP contribution < -0.4 is 0 Å². The lowest BCUT2D eigenvalue weighted by Crippen LogP contribution is -1.95. The van der Waals surface area contributed by atoms with Crippen molar-refractivity contribution in [3.63, 3.8) is 0 Å². The Morgan fingerprint density at radius 2 is 1.75 bits per heavy atom. The fourth-order valence-corrected chi connectivity index (χ4v) is 1.85. The molecule has 0 aliphatic carbocycles. The van der Waals surface area contributed by atoms with Crippen molar-refractivity contribution in [1.82, 2.24) is 0 Å². The lowest BCUT2D eigenvalue weighted by atomic mass is 10.0. The molecule has 0 aliphatic heterocycles. The van der Waals surface area contributed by atoms with E-state index in [4.69, 9.17) is 0 Å². The molecule has 1 unspecified atom stereocenters. The van der Waals surface area contributed by atoms with Crippen molar-refractivity contribution in [3.05, 3.63) is 35.9 Å². The summed E-state index contributed by atoms with van der Waals surface area (Å²) in [6.07, 6.45) is 1.15. The summed E-state index contributed by atoms with van der Waals surface area (Å²) >= 11 is 4.56. The molecule has 0 radical (unpaired) electrons. The molecule has 0 saturated carbocycles. The molecule has 0 bridgehead atoms. The van der Waals surface area contributed by atoms with Crippen molar-refractivity contribution in [3.8, 4) is 0 Å². The highest BCUT2D eigenvalue weighted by Gasteiger charge is 2.06. The number of hydrogen-bond donors (Lipinski definition) is 1. The molecule has 1 rings (SSSR count). The topological polar surface area (TPSA) is 0 Å². The van der Waals surface area contributed by atoms with Gasteiger partial charge in [-0.25, -0.2) is 0 Å². The number of hydrogen-bond acceptors (Lipinski definition) is 1. The Bertz CT molecular complexity index is 216. The maximum atomic E-state index is 4.56. The summed E-state index contributed by atoms with van der Waals surface area (Å²) in [6, 6.07) is 10.5. The van der Waals surface area contributed by atoms with Crippen LogP contribution in [0, 0.1) is 5.92 Å². The Hall–Kier alpha value is -0.430. The van der Waals surface area contributed by atoms with Gasteiger partial charge in [-0.05, 0) is 17.9 Å². The second-order valence-electron chi connectivity index (χ2n) is 3.56. The van der Waals surface area contributed by atoms with E-state index in [1.165, 1.54) is 5.56 Å². The highest BCUT2D eigenvalue weighted by molar-refractivity contribution is 7.80. The van der Waals surface area contributed by atoms with Gasteiger partial charge in [0.1, 0.15) is 0 Å². The second-order valence-corrected chi connectivity index (χ2v) is 4.18. The summed E-state index contributed by atoms with van der Waals surface area (Å²) in [4.78, 5) is 0. The Labute approximate surface area is 80.4 Å². The summed E-state index contributed by atoms with van der Waals surface area (Å²) in [7, 11) is 0. The van der Waals surface area contributed by atoms with E-state index < -0.39 is 0 Å². The molecule has 0 nitrogen and oxygen atoms in total. The quantitative estimate of drug-likeness (QED) is 0.674. The predicted octanol–water partition coefficient (Wildman–Crippen LogP) is 3.70. The smallest absolute Gasteiger partial charge is 0.0269 e. The molecule has 0 N–H and O–H groups in total. The minimum atomic E-state index is 0.395. The van der Waals surface area contributed by atoms with Gasteiger partial charge in [-0.1, -0.05) is 44.2 Å². The standard InChI is InChI=1S/C11H16S/c1-9(2)8-11(12)10-6-4-3-5-7-10/h3-7,9,11-12H,8H2,1-2H3. The molecule has 0 fully saturated rings. The molecule has 0 amide bonds. The molecule has 0 aliphatic rings. The first kappa shape index (κ1) is 9.66. The summed E-state index contributed by atoms with van der Waals surface area (Å²) in [5, 5.41) is 0.395. The van der Waals surface area contributed by atoms with Gasteiger partial charge in [-0.2, -0.15) is 12.6 Å². The van der Waals surface area contributed by atoms with Gasteiger partial charge in [-0.15, -0.1) is 0 Å². The van der Waals surface area contributed by atoms with Crippen LogP contribution in [0.4, 0.5) is 0 Å². The van der Waals surface area contributed by atoms with Crippen LogP contribution in [-0.4, -0.2) is 0 Å². The number of thiol groups is 1. The summed E-state index contributed by atoms with van der Waals surface area (Å²) in [5.41, 5.74) is 1.33. The monoisotopic (exact) mass is 180 g/mol. The summed E-state index contributed by atoms with van der Waals surface area (Å²) in [6.45, 7) is 4.46. The average molecular weight is 180 g/mol. The van der Waals surface area contributed by atoms with Crippen LogP contribution >= 0.6 is 12.6 Å². The van der Waals surface area contributed by atoms with Crippen molar-refractivity contribution in [2.75, 3.05) is 0 Å². The molecule has 1 atom stereocenters. The minimum Gasteiger partial charge on any atom is -0.171 e. The Kier molecular flexibility index (Phi) is 3.67. The zero-order valence-corrected chi connectivity index (χ0v) is 8.59. The molecule has 0 saturated heterocycles. The Morgan fingerprint density at radius 1 is 1.17 bits per heavy atom. The lowest BCUT2D eigenvalue weighted by molar-refractivity contribution is 0.581. The van der Waals surface area contributed by atoms with E-state index in [0.717, 1.165) is 6.42 Å². The van der Waals surface area contributed by atoms with E-state index in [1.54, 1.807) is 0 Å². The Balaban J connectivity index is 2.59. The zero-order chi connectivity index (χ0) is 8.97. The van der Waals surface area contributed by atoms with Gasteiger partial charge < -0.3 is 0 Å². The fourth-order valence-electron chi connectivity index (χ4n) is 1.26. The zero-order valence-electron chi connectivity index (χ0n) is 7.70. The SMILES string of the molecule is CC(C)CC(S)c1ccccc1. The van der Waals surface area contributed by atoms with Crippen molar-refractivity contribution < 1.29 is 0 Å². The van der Waals surface area contributed by atoms with E-state index in [2.05, 4.69) is 50.7 Å². The molecule has 12 heavy (non-hydrogen) atoms. The third kappa shape index (κ3) is 2.90. The average Bonchev–Trinajstić information content (AvgIpc) is 2.05. The van der Waals surface area contributed by atoms with Crippen LogP contribution in [0.3, 0.4) is 0 Å². The largest absolute Gasteiger partial charge is 0.171 e. The van der Waals surface area contributed by atoms with Crippen LogP contribution in [0.2, 0.25) is 0 Å². The first-order valence-corrected chi connectivity index (χ1v) is 4.95. The van der Waals surface area contributed by atoms with Crippen molar-refractivity contribution in [1.29, 1.82) is 0 Å². The van der Waals surface area contributed by atoms with Crippen LogP contribution in [-0.2, 0) is 0 Å². The van der Waals surface area contributed by atoms with Crippen molar-refractivity contribution in [2.45, 2.75) is 25.5 Å². The molecule has 0 aromatic heterocycles. The van der Waals surface area contributed by atoms with Crippen LogP contribution in [0.25, 0.3) is 0 Å². The molecule has 0 heterocycles. The maximum absolute atomic E-state index is 4.56. The van der Waals surface area contributed by atoms with Gasteiger partial charge in [0.15, 0.2) is 0 Å². The first-order chi connectivity index (χ1) is 5.70. The fraction of sp³-hybridized carbons (Fsp3) is 0.455. The third-order valence-electron chi connectivity index (χ3n) is 1.88. The van der Waals surface area contributed by atoms with Gasteiger partial charge in [0.2, 0.25) is 0 Å². The van der Waals surface area contributed by atoms with Gasteiger partial charge in [0.05, 0.1) is 0 Å². The minimum absolute atomic E-state index is 0.395. The molecule has 66 valence electrons. The Morgan fingerprint density at radius 3 is 2.25 bits per heavy atom. The van der Waals surface area contributed by atoms with Crippen molar-refractivity contribution in [2.24, 2.45) is 5.92 Å². The molecular weight excluding hydrogens is 164 g/mol. The summed E-state index contributed by atoms with van der Waals surface area (Å²) < 4.78 is 0. The van der Waals surface area contributed by atoms with Gasteiger partial charge in [-0.3, -0.25) is 0 Å². The predicted molar refractivity (Wildman–Crippen MR) is 57.6 cm³/mol. The van der Waals surface area contributed by atoms with Gasteiger partial charge >= 0.3 is 0 Å². The number of rotatable bonds is 3. The van der Waals surface area contributed by atoms with Gasteiger partial charge in [0.25, 0.3) is 0 Å². The first-order valence-electron chi connectivity index (χ1n) is 4.43. The third-order valence-corrected chi connectivity index (χ3v) is 2.39. The number of benzene rings is 1. The molecule has 0 spiro atoms. The van der Waals surface area contributed by atoms with Crippen molar-refractivity contribution >= 4 is 12.6 Å².